The summed E-state index contributed by atoms with van der Waals surface area (Å²) in [6.45, 7) is 4.12. The Bertz CT molecular complexity index is 1270. The topological polar surface area (TPSA) is 62.1 Å². The molecule has 0 aliphatic carbocycles. The molecule has 4 nitrogen and oxygen atoms in total. The highest BCUT2D eigenvalue weighted by Gasteiger charge is 2.14. The molecule has 0 heterocycles. The van der Waals surface area contributed by atoms with Gasteiger partial charge in [0, 0.05) is 20.7 Å². The summed E-state index contributed by atoms with van der Waals surface area (Å²) in [6.07, 6.45) is 3.86. The number of hydrogen-bond acceptors (Lipinski definition) is 3. The minimum Gasteiger partial charge on any atom is -0.487 e. The van der Waals surface area contributed by atoms with Crippen molar-refractivity contribution in [1.29, 1.82) is 5.26 Å². The number of benzene rings is 3. The van der Waals surface area contributed by atoms with Crippen LogP contribution in [0.4, 0.5) is 5.69 Å². The zero-order chi connectivity index (χ0) is 23.8. The molecule has 0 aliphatic rings. The fourth-order valence-corrected chi connectivity index (χ4v) is 4.29. The Morgan fingerprint density at radius 1 is 1.12 bits per heavy atom. The average Bonchev–Trinajstić information content (AvgIpc) is 2.78. The predicted octanol–water partition coefficient (Wildman–Crippen LogP) is 7.72. The summed E-state index contributed by atoms with van der Waals surface area (Å²) in [5.74, 6) is 0.167. The summed E-state index contributed by atoms with van der Waals surface area (Å²) in [4.78, 5) is 12.6. The van der Waals surface area contributed by atoms with E-state index in [1.54, 1.807) is 36.4 Å². The van der Waals surface area contributed by atoms with Gasteiger partial charge in [-0.25, -0.2) is 0 Å². The Labute approximate surface area is 214 Å². The van der Waals surface area contributed by atoms with E-state index in [4.69, 9.17) is 16.3 Å². The van der Waals surface area contributed by atoms with Crippen LogP contribution in [-0.2, 0) is 17.8 Å². The van der Waals surface area contributed by atoms with Gasteiger partial charge in [-0.15, -0.1) is 6.58 Å². The Morgan fingerprint density at radius 2 is 1.91 bits per heavy atom. The van der Waals surface area contributed by atoms with Crippen LogP contribution in [0.15, 0.2) is 87.8 Å². The molecule has 3 aromatic rings. The molecule has 7 heteroatoms. The molecule has 0 fully saturated rings. The maximum Gasteiger partial charge on any atom is 0.266 e. The van der Waals surface area contributed by atoms with Gasteiger partial charge < -0.3 is 10.1 Å². The van der Waals surface area contributed by atoms with Crippen molar-refractivity contribution in [3.05, 3.63) is 110 Å². The fraction of sp³-hybridized carbons (Fsp3) is 0.0769. The zero-order valence-electron chi connectivity index (χ0n) is 17.4. The van der Waals surface area contributed by atoms with Crippen LogP contribution in [0, 0.1) is 11.3 Å². The number of nitriles is 1. The molecule has 166 valence electrons. The number of allylic oxidation sites excluding steroid dienone is 1. The number of halogens is 3. The van der Waals surface area contributed by atoms with Crippen molar-refractivity contribution in [2.24, 2.45) is 0 Å². The Hall–Kier alpha value is -2.85. The van der Waals surface area contributed by atoms with E-state index in [2.05, 4.69) is 43.8 Å². The van der Waals surface area contributed by atoms with Gasteiger partial charge in [-0.05, 0) is 76.0 Å². The number of amides is 1. The number of nitrogens with one attached hydrogen (secondary N) is 1. The van der Waals surface area contributed by atoms with E-state index in [0.29, 0.717) is 39.5 Å². The molecular weight excluding hydrogens is 568 g/mol. The second kappa shape index (κ2) is 11.9. The molecule has 0 unspecified atom stereocenters. The van der Waals surface area contributed by atoms with Crippen molar-refractivity contribution in [3.8, 4) is 11.8 Å². The lowest BCUT2D eigenvalue weighted by Gasteiger charge is -2.15. The van der Waals surface area contributed by atoms with Gasteiger partial charge in [0.05, 0.1) is 4.47 Å². The summed E-state index contributed by atoms with van der Waals surface area (Å²) in [7, 11) is 0. The quantitative estimate of drug-likeness (QED) is 0.167. The van der Waals surface area contributed by atoms with Crippen molar-refractivity contribution in [1.82, 2.24) is 0 Å². The number of carbonyl (C=O) groups excluding carboxylic acids is 1. The molecule has 0 radical (unpaired) electrons. The number of nitrogens with zero attached hydrogens (tertiary/aromatic N) is 1. The number of rotatable bonds is 8. The van der Waals surface area contributed by atoms with Crippen molar-refractivity contribution >= 4 is 61.1 Å². The lowest BCUT2D eigenvalue weighted by Crippen LogP contribution is -2.13. The molecule has 33 heavy (non-hydrogen) atoms. The summed E-state index contributed by atoms with van der Waals surface area (Å²) in [5, 5.41) is 12.9. The first-order valence-electron chi connectivity index (χ1n) is 9.89. The summed E-state index contributed by atoms with van der Waals surface area (Å²) in [5.41, 5.74) is 2.99. The first kappa shape index (κ1) is 24.8. The maximum atomic E-state index is 12.6. The van der Waals surface area contributed by atoms with E-state index in [1.165, 1.54) is 0 Å². The normalized spacial score (nSPS) is 10.9. The van der Waals surface area contributed by atoms with Crippen LogP contribution in [0.25, 0.3) is 6.08 Å². The molecule has 1 amide bonds. The van der Waals surface area contributed by atoms with Gasteiger partial charge in [0.25, 0.3) is 5.91 Å². The smallest absolute Gasteiger partial charge is 0.266 e. The highest BCUT2D eigenvalue weighted by molar-refractivity contribution is 9.10. The van der Waals surface area contributed by atoms with Gasteiger partial charge in [-0.2, -0.15) is 5.26 Å². The number of carbonyl (C=O) groups is 1. The van der Waals surface area contributed by atoms with Gasteiger partial charge in [0.2, 0.25) is 0 Å². The second-order valence-corrected chi connectivity index (χ2v) is 9.18. The van der Waals surface area contributed by atoms with Gasteiger partial charge in [0.1, 0.15) is 24.0 Å². The van der Waals surface area contributed by atoms with Crippen LogP contribution in [-0.4, -0.2) is 5.91 Å². The standard InChI is InChI=1S/C26H19Br2ClN2O2/c1-2-6-18-11-17(12-20(15-30)26(32)31-22-9-5-8-21(27)14-22)13-23(28)25(18)33-16-19-7-3-4-10-24(19)29/h2-5,7-14H,1,6,16H2,(H,31,32)/b20-12-. The largest absolute Gasteiger partial charge is 0.487 e. The third-order valence-electron chi connectivity index (χ3n) is 4.60. The van der Waals surface area contributed by atoms with E-state index in [9.17, 15) is 10.1 Å². The molecular formula is C26H19Br2ClN2O2. The fourth-order valence-electron chi connectivity index (χ4n) is 3.07. The zero-order valence-corrected chi connectivity index (χ0v) is 21.4. The SMILES string of the molecule is C=CCc1cc(/C=C(/C#N)C(=O)Nc2cccc(Br)c2)cc(Br)c1OCc1ccccc1Cl. The second-order valence-electron chi connectivity index (χ2n) is 7.00. The monoisotopic (exact) mass is 584 g/mol. The van der Waals surface area contributed by atoms with Crippen molar-refractivity contribution in [3.63, 3.8) is 0 Å². The summed E-state index contributed by atoms with van der Waals surface area (Å²) >= 11 is 13.2. The van der Waals surface area contributed by atoms with Crippen LogP contribution in [0.1, 0.15) is 16.7 Å². The molecule has 0 atom stereocenters. The Morgan fingerprint density at radius 3 is 2.61 bits per heavy atom. The lowest BCUT2D eigenvalue weighted by molar-refractivity contribution is -0.112. The first-order chi connectivity index (χ1) is 15.9. The molecule has 3 aromatic carbocycles. The molecule has 0 aromatic heterocycles. The Kier molecular flexibility index (Phi) is 8.90. The Balaban J connectivity index is 1.86. The van der Waals surface area contributed by atoms with E-state index in [1.807, 2.05) is 42.5 Å². The van der Waals surface area contributed by atoms with E-state index in [0.717, 1.165) is 15.6 Å². The third kappa shape index (κ3) is 6.82. The van der Waals surface area contributed by atoms with Crippen LogP contribution in [0.3, 0.4) is 0 Å². The van der Waals surface area contributed by atoms with Crippen LogP contribution < -0.4 is 10.1 Å². The number of anilines is 1. The minimum atomic E-state index is -0.490. The van der Waals surface area contributed by atoms with Crippen molar-refractivity contribution in [2.75, 3.05) is 5.32 Å². The molecule has 0 saturated carbocycles. The third-order valence-corrected chi connectivity index (χ3v) is 6.05. The molecule has 3 rings (SSSR count). The highest BCUT2D eigenvalue weighted by Crippen LogP contribution is 2.33. The van der Waals surface area contributed by atoms with Crippen molar-refractivity contribution < 1.29 is 9.53 Å². The lowest BCUT2D eigenvalue weighted by atomic mass is 10.0. The molecule has 1 N–H and O–H groups in total. The molecule has 0 aliphatic heterocycles. The van der Waals surface area contributed by atoms with Crippen LogP contribution in [0.5, 0.6) is 5.75 Å². The minimum absolute atomic E-state index is 0.0174. The van der Waals surface area contributed by atoms with Crippen molar-refractivity contribution in [2.45, 2.75) is 13.0 Å². The maximum absolute atomic E-state index is 12.6. The molecule has 0 spiro atoms. The van der Waals surface area contributed by atoms with E-state index < -0.39 is 5.91 Å². The summed E-state index contributed by atoms with van der Waals surface area (Å²) < 4.78 is 7.59. The van der Waals surface area contributed by atoms with Crippen LogP contribution in [0.2, 0.25) is 5.02 Å². The van der Waals surface area contributed by atoms with Gasteiger partial charge in [0.15, 0.2) is 0 Å². The first-order valence-corrected chi connectivity index (χ1v) is 11.9. The van der Waals surface area contributed by atoms with E-state index in [-0.39, 0.29) is 5.57 Å². The molecule has 0 saturated heterocycles. The van der Waals surface area contributed by atoms with Gasteiger partial charge in [-0.3, -0.25) is 4.79 Å². The number of ether oxygens (including phenoxy) is 1. The predicted molar refractivity (Wildman–Crippen MR) is 140 cm³/mol. The highest BCUT2D eigenvalue weighted by atomic mass is 79.9. The van der Waals surface area contributed by atoms with E-state index >= 15 is 0 Å². The molecule has 0 bridgehead atoms. The van der Waals surface area contributed by atoms with Crippen LogP contribution >= 0.6 is 43.5 Å². The van der Waals surface area contributed by atoms with Gasteiger partial charge >= 0.3 is 0 Å². The van der Waals surface area contributed by atoms with Gasteiger partial charge in [-0.1, -0.05) is 57.9 Å². The number of hydrogen-bond donors (Lipinski definition) is 1. The average molecular weight is 587 g/mol. The summed E-state index contributed by atoms with van der Waals surface area (Å²) in [6, 6.07) is 20.3.